The van der Waals surface area contributed by atoms with Crippen LogP contribution < -0.4 is 10.6 Å². The lowest BCUT2D eigenvalue weighted by Gasteiger charge is -2.42. The van der Waals surface area contributed by atoms with Gasteiger partial charge in [-0.2, -0.15) is 14.3 Å². The number of aryl methyl sites for hydroxylation is 1. The maximum atomic E-state index is 12.7. The summed E-state index contributed by atoms with van der Waals surface area (Å²) in [6.45, 7) is 6.31. The maximum absolute atomic E-state index is 12.7. The summed E-state index contributed by atoms with van der Waals surface area (Å²) >= 11 is 6.54. The van der Waals surface area contributed by atoms with Gasteiger partial charge < -0.3 is 15.5 Å². The highest BCUT2D eigenvalue weighted by Gasteiger charge is 2.38. The molecule has 0 spiro atoms. The number of piperidine rings is 1. The van der Waals surface area contributed by atoms with Crippen molar-refractivity contribution in [3.8, 4) is 22.6 Å². The Balaban J connectivity index is 1.23. The molecule has 4 aromatic rings. The molecule has 3 fully saturated rings. The number of nitrogen functional groups attached to an aromatic ring is 1. The Morgan fingerprint density at radius 2 is 1.71 bits per heavy atom. The monoisotopic (exact) mass is 610 g/mol. The fourth-order valence-electron chi connectivity index (χ4n) is 6.20. The van der Waals surface area contributed by atoms with Crippen LogP contribution in [0.3, 0.4) is 0 Å². The number of hydrogen-bond donors (Lipinski definition) is 1. The van der Waals surface area contributed by atoms with Crippen molar-refractivity contribution in [3.63, 3.8) is 0 Å². The van der Waals surface area contributed by atoms with Crippen molar-refractivity contribution >= 4 is 44.0 Å². The van der Waals surface area contributed by atoms with Gasteiger partial charge in [-0.25, -0.2) is 18.4 Å². The second-order valence-corrected chi connectivity index (χ2v) is 14.2. The fourth-order valence-corrected chi connectivity index (χ4v) is 7.87. The number of halogens is 1. The Kier molecular flexibility index (Phi) is 6.87. The molecular formula is C28H35ClN10O2S. The van der Waals surface area contributed by atoms with Crippen LogP contribution in [0.1, 0.15) is 25.7 Å². The highest BCUT2D eigenvalue weighted by Crippen LogP contribution is 2.39. The van der Waals surface area contributed by atoms with Crippen molar-refractivity contribution in [1.29, 1.82) is 0 Å². The Labute approximate surface area is 250 Å². The predicted molar refractivity (Wildman–Crippen MR) is 164 cm³/mol. The molecule has 1 aliphatic carbocycles. The lowest BCUT2D eigenvalue weighted by molar-refractivity contribution is 0.0981. The molecule has 1 saturated carbocycles. The van der Waals surface area contributed by atoms with Crippen LogP contribution in [0.15, 0.2) is 30.7 Å². The first-order valence-corrected chi connectivity index (χ1v) is 16.3. The van der Waals surface area contributed by atoms with E-state index in [0.717, 1.165) is 78.5 Å². The van der Waals surface area contributed by atoms with Crippen LogP contribution in [-0.4, -0.2) is 105 Å². The molecule has 5 heterocycles. The molecule has 0 bridgehead atoms. The smallest absolute Gasteiger partial charge is 0.256 e. The van der Waals surface area contributed by atoms with E-state index in [1.54, 1.807) is 6.20 Å². The van der Waals surface area contributed by atoms with Gasteiger partial charge in [-0.1, -0.05) is 11.6 Å². The van der Waals surface area contributed by atoms with E-state index in [0.29, 0.717) is 46.7 Å². The van der Waals surface area contributed by atoms with Crippen molar-refractivity contribution in [3.05, 3.63) is 35.7 Å². The molecule has 0 unspecified atom stereocenters. The maximum Gasteiger partial charge on any atom is 0.256 e. The molecule has 1 aromatic carbocycles. The van der Waals surface area contributed by atoms with E-state index in [2.05, 4.69) is 31.8 Å². The van der Waals surface area contributed by atoms with E-state index in [9.17, 15) is 8.42 Å². The average Bonchev–Trinajstić information content (AvgIpc) is 3.65. The lowest BCUT2D eigenvalue weighted by atomic mass is 10.0. The highest BCUT2D eigenvalue weighted by atomic mass is 35.5. The van der Waals surface area contributed by atoms with Crippen LogP contribution in [0.25, 0.3) is 33.5 Å². The number of likely N-dealkylation sites (N-methyl/N-ethyl adjacent to an activating group) is 1. The topological polar surface area (TPSA) is 131 Å². The zero-order chi connectivity index (χ0) is 29.2. The van der Waals surface area contributed by atoms with Crippen LogP contribution >= 0.6 is 11.6 Å². The number of hydrogen-bond acceptors (Lipinski definition) is 10. The summed E-state index contributed by atoms with van der Waals surface area (Å²) in [4.78, 5) is 16.8. The molecule has 7 rings (SSSR count). The van der Waals surface area contributed by atoms with Gasteiger partial charge in [0.05, 0.1) is 45.5 Å². The number of anilines is 2. The minimum Gasteiger partial charge on any atom is -0.399 e. The van der Waals surface area contributed by atoms with Gasteiger partial charge in [-0.05, 0) is 44.9 Å². The SMILES string of the molecule is CN1CCN(C2CCN(c3nn(C)c4cc(N)cc(-c5ncc(Cl)c(-c6cnn(S(=O)(=O)C7CC7)c6)n5)c34)CC2)CC1. The number of benzene rings is 1. The van der Waals surface area contributed by atoms with Crippen molar-refractivity contribution in [1.82, 2.24) is 38.7 Å². The lowest BCUT2D eigenvalue weighted by Crippen LogP contribution is -2.52. The summed E-state index contributed by atoms with van der Waals surface area (Å²) in [7, 11) is 0.606. The normalized spacial score (nSPS) is 19.6. The minimum atomic E-state index is -3.51. The van der Waals surface area contributed by atoms with Crippen molar-refractivity contribution in [2.45, 2.75) is 37.0 Å². The van der Waals surface area contributed by atoms with Gasteiger partial charge in [0.25, 0.3) is 10.0 Å². The molecule has 42 heavy (non-hydrogen) atoms. The number of fused-ring (bicyclic) bond motifs is 1. The van der Waals surface area contributed by atoms with Gasteiger partial charge in [0, 0.05) is 69.2 Å². The summed E-state index contributed by atoms with van der Waals surface area (Å²) in [6, 6.07) is 4.39. The third-order valence-corrected chi connectivity index (χ3v) is 11.1. The van der Waals surface area contributed by atoms with Gasteiger partial charge >= 0.3 is 0 Å². The first kappa shape index (κ1) is 27.6. The molecule has 2 N–H and O–H groups in total. The van der Waals surface area contributed by atoms with Crippen molar-refractivity contribution in [2.75, 3.05) is 56.9 Å². The third kappa shape index (κ3) is 4.91. The zero-order valence-electron chi connectivity index (χ0n) is 23.8. The molecule has 12 nitrogen and oxygen atoms in total. The standard InChI is InChI=1S/C28H35ClN10O2S/c1-35-9-11-37(12-10-35)20-5-7-38(8-6-20)28-25-22(13-19(30)14-24(25)36(2)34-28)27-31-16-23(29)26(33-27)18-15-32-39(17-18)42(40,41)21-3-4-21/h13-17,20-21H,3-12,30H2,1-2H3. The summed E-state index contributed by atoms with van der Waals surface area (Å²) < 4.78 is 28.3. The fraction of sp³-hybridized carbons (Fsp3) is 0.500. The molecule has 0 amide bonds. The summed E-state index contributed by atoms with van der Waals surface area (Å²) in [6.07, 6.45) is 7.97. The Morgan fingerprint density at radius 1 is 0.976 bits per heavy atom. The zero-order valence-corrected chi connectivity index (χ0v) is 25.4. The van der Waals surface area contributed by atoms with Crippen LogP contribution in [0.2, 0.25) is 5.02 Å². The molecule has 2 saturated heterocycles. The van der Waals surface area contributed by atoms with Crippen molar-refractivity contribution in [2.24, 2.45) is 7.05 Å². The van der Waals surface area contributed by atoms with Gasteiger partial charge in [0.1, 0.15) is 0 Å². The number of rotatable bonds is 6. The number of piperazine rings is 1. The third-order valence-electron chi connectivity index (χ3n) is 8.80. The molecule has 0 atom stereocenters. The molecule has 222 valence electrons. The van der Waals surface area contributed by atoms with Gasteiger partial charge in [-0.15, -0.1) is 0 Å². The number of aromatic nitrogens is 6. The highest BCUT2D eigenvalue weighted by molar-refractivity contribution is 7.90. The second kappa shape index (κ2) is 10.5. The van der Waals surface area contributed by atoms with Crippen LogP contribution in [-0.2, 0) is 17.1 Å². The predicted octanol–water partition coefficient (Wildman–Crippen LogP) is 2.69. The van der Waals surface area contributed by atoms with Gasteiger partial charge in [0.15, 0.2) is 11.6 Å². The van der Waals surface area contributed by atoms with E-state index in [4.69, 9.17) is 27.4 Å². The van der Waals surface area contributed by atoms with E-state index in [1.165, 1.54) is 12.4 Å². The Bertz CT molecular complexity index is 1750. The summed E-state index contributed by atoms with van der Waals surface area (Å²) in [5.41, 5.74) is 9.50. The van der Waals surface area contributed by atoms with Crippen molar-refractivity contribution < 1.29 is 8.42 Å². The van der Waals surface area contributed by atoms with Crippen LogP contribution in [0.4, 0.5) is 11.5 Å². The van der Waals surface area contributed by atoms with E-state index in [-0.39, 0.29) is 5.25 Å². The molecular weight excluding hydrogens is 576 g/mol. The molecule has 0 radical (unpaired) electrons. The minimum absolute atomic E-state index is 0.305. The summed E-state index contributed by atoms with van der Waals surface area (Å²) in [5, 5.41) is 9.93. The summed E-state index contributed by atoms with van der Waals surface area (Å²) in [5.74, 6) is 1.33. The molecule has 3 aliphatic rings. The number of nitrogens with zero attached hydrogens (tertiary/aromatic N) is 9. The average molecular weight is 611 g/mol. The number of nitrogens with two attached hydrogens (primary N) is 1. The van der Waals surface area contributed by atoms with Gasteiger partial charge in [-0.3, -0.25) is 9.58 Å². The molecule has 3 aromatic heterocycles. The first-order chi connectivity index (χ1) is 20.2. The van der Waals surface area contributed by atoms with E-state index in [1.807, 2.05) is 23.9 Å². The van der Waals surface area contributed by atoms with Crippen LogP contribution in [0.5, 0.6) is 0 Å². The van der Waals surface area contributed by atoms with E-state index >= 15 is 0 Å². The molecule has 2 aliphatic heterocycles. The Morgan fingerprint density at radius 3 is 2.43 bits per heavy atom. The second-order valence-electron chi connectivity index (χ2n) is 11.7. The van der Waals surface area contributed by atoms with Gasteiger partial charge in [0.2, 0.25) is 0 Å². The Hall–Kier alpha value is -3.26. The molecule has 14 heteroatoms. The largest absolute Gasteiger partial charge is 0.399 e. The van der Waals surface area contributed by atoms with Crippen LogP contribution in [0, 0.1) is 0 Å². The first-order valence-electron chi connectivity index (χ1n) is 14.4. The van der Waals surface area contributed by atoms with E-state index < -0.39 is 10.0 Å². The quantitative estimate of drug-likeness (QED) is 0.325.